The van der Waals surface area contributed by atoms with E-state index in [-0.39, 0.29) is 12.0 Å². The molecular weight excluding hydrogens is 178 g/mol. The molecule has 0 aromatic rings. The van der Waals surface area contributed by atoms with Crippen LogP contribution in [-0.4, -0.2) is 24.7 Å². The zero-order valence-electron chi connectivity index (χ0n) is 9.59. The maximum absolute atomic E-state index is 11.5. The number of rotatable bonds is 5. The van der Waals surface area contributed by atoms with E-state index in [0.717, 1.165) is 12.8 Å². The van der Waals surface area contributed by atoms with Crippen LogP contribution in [0.15, 0.2) is 0 Å². The third-order valence-electron chi connectivity index (χ3n) is 2.90. The molecule has 82 valence electrons. The summed E-state index contributed by atoms with van der Waals surface area (Å²) < 4.78 is 4.99. The minimum Gasteiger partial charge on any atom is -0.465 e. The Kier molecular flexibility index (Phi) is 3.53. The zero-order valence-corrected chi connectivity index (χ0v) is 9.59. The van der Waals surface area contributed by atoms with Crippen molar-refractivity contribution in [1.82, 2.24) is 5.32 Å². The number of hydrogen-bond donors (Lipinski definition) is 1. The van der Waals surface area contributed by atoms with E-state index in [2.05, 4.69) is 19.2 Å². The maximum atomic E-state index is 11.5. The lowest BCUT2D eigenvalue weighted by molar-refractivity contribution is -0.145. The number of carbonyl (C=O) groups excluding carboxylic acids is 1. The molecule has 0 aliphatic heterocycles. The number of carbonyl (C=O) groups is 1. The molecule has 1 rings (SSSR count). The molecule has 0 aromatic heterocycles. The first-order chi connectivity index (χ1) is 6.51. The number of hydrogen-bond acceptors (Lipinski definition) is 3. The Balaban J connectivity index is 2.36. The number of ether oxygens (including phenoxy) is 1. The average molecular weight is 199 g/mol. The summed E-state index contributed by atoms with van der Waals surface area (Å²) in [4.78, 5) is 11.5. The van der Waals surface area contributed by atoms with E-state index in [4.69, 9.17) is 4.74 Å². The van der Waals surface area contributed by atoms with Crippen LogP contribution in [0.4, 0.5) is 0 Å². The van der Waals surface area contributed by atoms with Crippen molar-refractivity contribution in [3.63, 3.8) is 0 Å². The summed E-state index contributed by atoms with van der Waals surface area (Å²) in [5, 5.41) is 3.34. The molecule has 1 fully saturated rings. The minimum atomic E-state index is -0.123. The smallest absolute Gasteiger partial charge is 0.323 e. The number of nitrogens with one attached hydrogen (secondary N) is 1. The van der Waals surface area contributed by atoms with Crippen molar-refractivity contribution in [2.24, 2.45) is 5.41 Å². The maximum Gasteiger partial charge on any atom is 0.323 e. The van der Waals surface area contributed by atoms with Gasteiger partial charge in [0.15, 0.2) is 0 Å². The summed E-state index contributed by atoms with van der Waals surface area (Å²) in [5.74, 6) is -0.113. The molecule has 1 N–H and O–H groups in total. The summed E-state index contributed by atoms with van der Waals surface area (Å²) in [7, 11) is 0. The Labute approximate surface area is 86.2 Å². The van der Waals surface area contributed by atoms with E-state index in [0.29, 0.717) is 18.1 Å². The lowest BCUT2D eigenvalue weighted by atomic mass is 10.1. The van der Waals surface area contributed by atoms with Crippen LogP contribution < -0.4 is 5.32 Å². The topological polar surface area (TPSA) is 38.3 Å². The Hall–Kier alpha value is -0.570. The molecule has 3 nitrogen and oxygen atoms in total. The fourth-order valence-corrected chi connectivity index (χ4v) is 1.59. The molecule has 0 saturated heterocycles. The van der Waals surface area contributed by atoms with Crippen LogP contribution in [0.5, 0.6) is 0 Å². The van der Waals surface area contributed by atoms with Crippen LogP contribution in [0.1, 0.15) is 40.5 Å². The number of esters is 1. The van der Waals surface area contributed by atoms with E-state index < -0.39 is 0 Å². The van der Waals surface area contributed by atoms with Gasteiger partial charge in [0, 0.05) is 6.04 Å². The van der Waals surface area contributed by atoms with Crippen molar-refractivity contribution in [3.8, 4) is 0 Å². The first kappa shape index (κ1) is 11.5. The monoisotopic (exact) mass is 199 g/mol. The van der Waals surface area contributed by atoms with Crippen LogP contribution in [0.2, 0.25) is 0 Å². The van der Waals surface area contributed by atoms with Crippen molar-refractivity contribution >= 4 is 5.97 Å². The Morgan fingerprint density at radius 2 is 2.14 bits per heavy atom. The average Bonchev–Trinajstić information content (AvgIpc) is 2.70. The molecule has 0 amide bonds. The minimum absolute atomic E-state index is 0.113. The van der Waals surface area contributed by atoms with Gasteiger partial charge in [0.2, 0.25) is 0 Å². The van der Waals surface area contributed by atoms with Gasteiger partial charge in [-0.05, 0) is 25.2 Å². The van der Waals surface area contributed by atoms with Crippen molar-refractivity contribution < 1.29 is 9.53 Å². The molecule has 1 aliphatic rings. The summed E-state index contributed by atoms with van der Waals surface area (Å²) in [6.07, 6.45) is 1.95. The van der Waals surface area contributed by atoms with E-state index in [1.807, 2.05) is 13.8 Å². The highest BCUT2D eigenvalue weighted by Crippen LogP contribution is 2.44. The molecule has 0 spiro atoms. The van der Waals surface area contributed by atoms with Crippen molar-refractivity contribution in [1.29, 1.82) is 0 Å². The van der Waals surface area contributed by atoms with Gasteiger partial charge in [0.25, 0.3) is 0 Å². The second-order valence-corrected chi connectivity index (χ2v) is 4.62. The predicted molar refractivity (Wildman–Crippen MR) is 56.0 cm³/mol. The molecule has 14 heavy (non-hydrogen) atoms. The van der Waals surface area contributed by atoms with Gasteiger partial charge in [-0.3, -0.25) is 4.79 Å². The van der Waals surface area contributed by atoms with Crippen LogP contribution >= 0.6 is 0 Å². The molecule has 0 aromatic carbocycles. The predicted octanol–water partition coefficient (Wildman–Crippen LogP) is 1.72. The van der Waals surface area contributed by atoms with Gasteiger partial charge in [-0.2, -0.15) is 0 Å². The van der Waals surface area contributed by atoms with Gasteiger partial charge < -0.3 is 10.1 Å². The highest BCUT2D eigenvalue weighted by atomic mass is 16.5. The Morgan fingerprint density at radius 3 is 2.50 bits per heavy atom. The molecule has 2 atom stereocenters. The first-order valence-electron chi connectivity index (χ1n) is 5.44. The van der Waals surface area contributed by atoms with Crippen molar-refractivity contribution in [2.75, 3.05) is 6.61 Å². The van der Waals surface area contributed by atoms with Gasteiger partial charge in [-0.15, -0.1) is 0 Å². The summed E-state index contributed by atoms with van der Waals surface area (Å²) >= 11 is 0. The van der Waals surface area contributed by atoms with E-state index in [1.54, 1.807) is 0 Å². The summed E-state index contributed by atoms with van der Waals surface area (Å²) in [6, 6.07) is 0.360. The van der Waals surface area contributed by atoms with Gasteiger partial charge in [-0.25, -0.2) is 0 Å². The fraction of sp³-hybridized carbons (Fsp3) is 0.909. The van der Waals surface area contributed by atoms with E-state index in [9.17, 15) is 4.79 Å². The highest BCUT2D eigenvalue weighted by Gasteiger charge is 2.46. The van der Waals surface area contributed by atoms with Crippen LogP contribution in [0.25, 0.3) is 0 Å². The molecule has 0 heterocycles. The summed E-state index contributed by atoms with van der Waals surface area (Å²) in [6.45, 7) is 8.73. The van der Waals surface area contributed by atoms with Gasteiger partial charge in [0.1, 0.15) is 6.04 Å². The second-order valence-electron chi connectivity index (χ2n) is 4.62. The van der Waals surface area contributed by atoms with E-state index in [1.165, 1.54) is 0 Å². The zero-order chi connectivity index (χ0) is 10.8. The third kappa shape index (κ3) is 2.71. The lowest BCUT2D eigenvalue weighted by Crippen LogP contribution is -2.40. The molecule has 0 radical (unpaired) electrons. The largest absolute Gasteiger partial charge is 0.465 e. The Bertz CT molecular complexity index is 213. The normalized spacial score (nSPS) is 25.6. The SMILES string of the molecule is CCOC(=O)C(CC)NC1CC1(C)C. The highest BCUT2D eigenvalue weighted by molar-refractivity contribution is 5.75. The van der Waals surface area contributed by atoms with Crippen LogP contribution in [0.3, 0.4) is 0 Å². The van der Waals surface area contributed by atoms with Gasteiger partial charge in [0.05, 0.1) is 6.61 Å². The fourth-order valence-electron chi connectivity index (χ4n) is 1.59. The van der Waals surface area contributed by atoms with Crippen molar-refractivity contribution in [2.45, 2.75) is 52.6 Å². The molecule has 0 bridgehead atoms. The molecule has 2 unspecified atom stereocenters. The van der Waals surface area contributed by atoms with Crippen molar-refractivity contribution in [3.05, 3.63) is 0 Å². The van der Waals surface area contributed by atoms with E-state index >= 15 is 0 Å². The summed E-state index contributed by atoms with van der Waals surface area (Å²) in [5.41, 5.74) is 0.361. The Morgan fingerprint density at radius 1 is 1.57 bits per heavy atom. The lowest BCUT2D eigenvalue weighted by Gasteiger charge is -2.16. The third-order valence-corrected chi connectivity index (χ3v) is 2.90. The first-order valence-corrected chi connectivity index (χ1v) is 5.44. The van der Waals surface area contributed by atoms with Crippen LogP contribution in [0, 0.1) is 5.41 Å². The van der Waals surface area contributed by atoms with Gasteiger partial charge in [-0.1, -0.05) is 20.8 Å². The second kappa shape index (κ2) is 4.30. The molecule has 1 saturated carbocycles. The van der Waals surface area contributed by atoms with Gasteiger partial charge >= 0.3 is 5.97 Å². The van der Waals surface area contributed by atoms with Crippen LogP contribution in [-0.2, 0) is 9.53 Å². The molecule has 1 aliphatic carbocycles. The standard InChI is InChI=1S/C11H21NO2/c1-5-8(10(13)14-6-2)12-9-7-11(9,3)4/h8-9,12H,5-7H2,1-4H3. The molecular formula is C11H21NO2. The quantitative estimate of drug-likeness (QED) is 0.685. The molecule has 3 heteroatoms.